The lowest BCUT2D eigenvalue weighted by Gasteiger charge is -2.17. The Kier molecular flexibility index (Phi) is 4.72. The molecule has 1 aliphatic heterocycles. The predicted octanol–water partition coefficient (Wildman–Crippen LogP) is 2.43. The largest absolute Gasteiger partial charge is 0.366 e. The Bertz CT molecular complexity index is 853. The third kappa shape index (κ3) is 3.80. The summed E-state index contributed by atoms with van der Waals surface area (Å²) in [5.41, 5.74) is 6.68. The zero-order chi connectivity index (χ0) is 18.0. The summed E-state index contributed by atoms with van der Waals surface area (Å²) in [7, 11) is 0. The van der Waals surface area contributed by atoms with Crippen molar-refractivity contribution in [2.75, 3.05) is 16.8 Å². The van der Waals surface area contributed by atoms with Crippen molar-refractivity contribution in [2.45, 2.75) is 6.42 Å². The number of nitrogens with zero attached hydrogens (tertiary/aromatic N) is 1. The standard InChI is InChI=1S/C18H16ClN3O3/c19-13-4-2-6-15(9-13)22-10-12(8-16(22)23)18(25)21-14-5-1-3-11(7-14)17(20)24/h1-7,9,12H,8,10H2,(H2,20,24)(H,21,25). The van der Waals surface area contributed by atoms with E-state index in [0.29, 0.717) is 22.0 Å². The van der Waals surface area contributed by atoms with Gasteiger partial charge in [0.05, 0.1) is 5.92 Å². The van der Waals surface area contributed by atoms with Gasteiger partial charge in [0.2, 0.25) is 17.7 Å². The molecule has 7 heteroatoms. The van der Waals surface area contributed by atoms with Crippen LogP contribution in [0.1, 0.15) is 16.8 Å². The molecule has 25 heavy (non-hydrogen) atoms. The van der Waals surface area contributed by atoms with Crippen molar-refractivity contribution >= 4 is 40.7 Å². The quantitative estimate of drug-likeness (QED) is 0.880. The summed E-state index contributed by atoms with van der Waals surface area (Å²) in [5.74, 6) is -1.46. The summed E-state index contributed by atoms with van der Waals surface area (Å²) >= 11 is 5.96. The van der Waals surface area contributed by atoms with E-state index >= 15 is 0 Å². The van der Waals surface area contributed by atoms with Crippen molar-refractivity contribution < 1.29 is 14.4 Å². The Morgan fingerprint density at radius 3 is 2.64 bits per heavy atom. The fraction of sp³-hybridized carbons (Fsp3) is 0.167. The Hall–Kier alpha value is -2.86. The van der Waals surface area contributed by atoms with Gasteiger partial charge in [0, 0.05) is 34.9 Å². The molecule has 1 unspecified atom stereocenters. The lowest BCUT2D eigenvalue weighted by molar-refractivity contribution is -0.122. The number of carbonyl (C=O) groups is 3. The Morgan fingerprint density at radius 1 is 1.16 bits per heavy atom. The lowest BCUT2D eigenvalue weighted by atomic mass is 10.1. The molecule has 3 rings (SSSR count). The van der Waals surface area contributed by atoms with Crippen molar-refractivity contribution in [1.82, 2.24) is 0 Å². The predicted molar refractivity (Wildman–Crippen MR) is 95.5 cm³/mol. The van der Waals surface area contributed by atoms with E-state index in [1.165, 1.54) is 6.07 Å². The average molecular weight is 358 g/mol. The monoisotopic (exact) mass is 357 g/mol. The number of rotatable bonds is 4. The van der Waals surface area contributed by atoms with Crippen LogP contribution in [0.5, 0.6) is 0 Å². The molecule has 1 aliphatic rings. The fourth-order valence-electron chi connectivity index (χ4n) is 2.77. The molecule has 3 amide bonds. The number of primary amides is 1. The van der Waals surface area contributed by atoms with E-state index < -0.39 is 11.8 Å². The highest BCUT2D eigenvalue weighted by Crippen LogP contribution is 2.28. The highest BCUT2D eigenvalue weighted by molar-refractivity contribution is 6.31. The van der Waals surface area contributed by atoms with Crippen molar-refractivity contribution in [3.63, 3.8) is 0 Å². The normalized spacial score (nSPS) is 16.8. The van der Waals surface area contributed by atoms with Crippen LogP contribution in [-0.4, -0.2) is 24.3 Å². The van der Waals surface area contributed by atoms with Crippen LogP contribution in [0.4, 0.5) is 11.4 Å². The Labute approximate surface area is 149 Å². The highest BCUT2D eigenvalue weighted by Gasteiger charge is 2.35. The third-order valence-electron chi connectivity index (χ3n) is 4.03. The summed E-state index contributed by atoms with van der Waals surface area (Å²) < 4.78 is 0. The van der Waals surface area contributed by atoms with Gasteiger partial charge in [0.25, 0.3) is 0 Å². The maximum atomic E-state index is 12.5. The fourth-order valence-corrected chi connectivity index (χ4v) is 2.96. The number of anilines is 2. The van der Waals surface area contributed by atoms with Gasteiger partial charge in [-0.05, 0) is 36.4 Å². The number of halogens is 1. The van der Waals surface area contributed by atoms with Gasteiger partial charge in [-0.25, -0.2) is 0 Å². The second kappa shape index (κ2) is 6.94. The number of hydrogen-bond donors (Lipinski definition) is 2. The van der Waals surface area contributed by atoms with Crippen LogP contribution in [0.3, 0.4) is 0 Å². The molecule has 1 heterocycles. The summed E-state index contributed by atoms with van der Waals surface area (Å²) in [6.45, 7) is 0.278. The summed E-state index contributed by atoms with van der Waals surface area (Å²) in [6.07, 6.45) is 0.119. The van der Waals surface area contributed by atoms with Gasteiger partial charge in [-0.1, -0.05) is 23.7 Å². The van der Waals surface area contributed by atoms with Crippen LogP contribution in [0.2, 0.25) is 5.02 Å². The molecule has 0 aliphatic carbocycles. The van der Waals surface area contributed by atoms with Gasteiger partial charge < -0.3 is 16.0 Å². The van der Waals surface area contributed by atoms with Crippen LogP contribution < -0.4 is 16.0 Å². The first-order valence-corrected chi connectivity index (χ1v) is 8.08. The molecule has 2 aromatic carbocycles. The number of amides is 3. The van der Waals surface area contributed by atoms with Gasteiger partial charge in [0.15, 0.2) is 0 Å². The van der Waals surface area contributed by atoms with Crippen molar-refractivity contribution in [3.05, 3.63) is 59.1 Å². The highest BCUT2D eigenvalue weighted by atomic mass is 35.5. The molecule has 0 saturated carbocycles. The van der Waals surface area contributed by atoms with E-state index in [4.69, 9.17) is 17.3 Å². The summed E-state index contributed by atoms with van der Waals surface area (Å²) in [6, 6.07) is 13.3. The lowest BCUT2D eigenvalue weighted by Crippen LogP contribution is -2.28. The number of carbonyl (C=O) groups excluding carboxylic acids is 3. The van der Waals surface area contributed by atoms with Crippen LogP contribution >= 0.6 is 11.6 Å². The Morgan fingerprint density at radius 2 is 1.92 bits per heavy atom. The molecule has 6 nitrogen and oxygen atoms in total. The van der Waals surface area contributed by atoms with Crippen LogP contribution in [-0.2, 0) is 9.59 Å². The summed E-state index contributed by atoms with van der Waals surface area (Å²) in [5, 5.41) is 3.26. The molecule has 2 aromatic rings. The maximum absolute atomic E-state index is 12.5. The molecule has 1 atom stereocenters. The molecule has 1 fully saturated rings. The van der Waals surface area contributed by atoms with E-state index in [-0.39, 0.29) is 24.8 Å². The first-order chi connectivity index (χ1) is 11.9. The van der Waals surface area contributed by atoms with E-state index in [0.717, 1.165) is 0 Å². The molecule has 0 bridgehead atoms. The molecule has 0 aromatic heterocycles. The van der Waals surface area contributed by atoms with E-state index in [9.17, 15) is 14.4 Å². The molecule has 1 saturated heterocycles. The second-order valence-electron chi connectivity index (χ2n) is 5.82. The van der Waals surface area contributed by atoms with E-state index in [1.807, 2.05) is 0 Å². The first-order valence-electron chi connectivity index (χ1n) is 7.70. The van der Waals surface area contributed by atoms with Crippen LogP contribution in [0.15, 0.2) is 48.5 Å². The first kappa shape index (κ1) is 17.0. The van der Waals surface area contributed by atoms with E-state index in [2.05, 4.69) is 5.32 Å². The van der Waals surface area contributed by atoms with Gasteiger partial charge >= 0.3 is 0 Å². The van der Waals surface area contributed by atoms with Gasteiger partial charge in [-0.15, -0.1) is 0 Å². The SMILES string of the molecule is NC(=O)c1cccc(NC(=O)C2CC(=O)N(c3cccc(Cl)c3)C2)c1. The molecular weight excluding hydrogens is 342 g/mol. The van der Waals surface area contributed by atoms with Gasteiger partial charge in [0.1, 0.15) is 0 Å². The summed E-state index contributed by atoms with van der Waals surface area (Å²) in [4.78, 5) is 37.5. The smallest absolute Gasteiger partial charge is 0.248 e. The molecular formula is C18H16ClN3O3. The van der Waals surface area contributed by atoms with Gasteiger partial charge in [-0.2, -0.15) is 0 Å². The minimum atomic E-state index is -0.570. The zero-order valence-electron chi connectivity index (χ0n) is 13.2. The molecule has 0 radical (unpaired) electrons. The van der Waals surface area contributed by atoms with Gasteiger partial charge in [-0.3, -0.25) is 14.4 Å². The van der Waals surface area contributed by atoms with Crippen molar-refractivity contribution in [1.29, 1.82) is 0 Å². The average Bonchev–Trinajstić information content (AvgIpc) is 2.97. The zero-order valence-corrected chi connectivity index (χ0v) is 14.0. The van der Waals surface area contributed by atoms with Crippen LogP contribution in [0, 0.1) is 5.92 Å². The number of benzene rings is 2. The van der Waals surface area contributed by atoms with Crippen LogP contribution in [0.25, 0.3) is 0 Å². The molecule has 3 N–H and O–H groups in total. The second-order valence-corrected chi connectivity index (χ2v) is 6.26. The minimum Gasteiger partial charge on any atom is -0.366 e. The number of nitrogens with one attached hydrogen (secondary N) is 1. The maximum Gasteiger partial charge on any atom is 0.248 e. The van der Waals surface area contributed by atoms with Crippen molar-refractivity contribution in [3.8, 4) is 0 Å². The minimum absolute atomic E-state index is 0.119. The van der Waals surface area contributed by atoms with Crippen molar-refractivity contribution in [2.24, 2.45) is 11.7 Å². The molecule has 0 spiro atoms. The number of hydrogen-bond acceptors (Lipinski definition) is 3. The topological polar surface area (TPSA) is 92.5 Å². The number of nitrogens with two attached hydrogens (primary N) is 1. The third-order valence-corrected chi connectivity index (χ3v) is 4.27. The Balaban J connectivity index is 1.71. The molecule has 128 valence electrons. The van der Waals surface area contributed by atoms with E-state index in [1.54, 1.807) is 47.4 Å².